The summed E-state index contributed by atoms with van der Waals surface area (Å²) >= 11 is 0. The van der Waals surface area contributed by atoms with Gasteiger partial charge in [0.2, 0.25) is 0 Å². The molecule has 2 aliphatic rings. The van der Waals surface area contributed by atoms with Gasteiger partial charge in [-0.25, -0.2) is 19.6 Å². The van der Waals surface area contributed by atoms with E-state index in [1.165, 1.54) is 24.1 Å². The van der Waals surface area contributed by atoms with E-state index in [0.29, 0.717) is 0 Å². The number of aryl methyl sites for hydroxylation is 3. The van der Waals surface area contributed by atoms with Crippen LogP contribution in [0.2, 0.25) is 0 Å². The predicted molar refractivity (Wildman–Crippen MR) is 79.0 cm³/mol. The Balaban J connectivity index is 1.68. The summed E-state index contributed by atoms with van der Waals surface area (Å²) in [4.78, 5) is 13.7. The third-order valence-electron chi connectivity index (χ3n) is 4.43. The molecule has 0 spiro atoms. The molecule has 110 valence electrons. The fourth-order valence-corrected chi connectivity index (χ4v) is 3.43. The molecule has 1 aliphatic heterocycles. The largest absolute Gasteiger partial charge is 0.360 e. The van der Waals surface area contributed by atoms with Crippen LogP contribution in [-0.4, -0.2) is 24.7 Å². The Hall–Kier alpha value is -1.98. The molecule has 3 heterocycles. The highest BCUT2D eigenvalue weighted by atomic mass is 15.4. The fraction of sp³-hybridized carbons (Fsp3) is 0.600. The summed E-state index contributed by atoms with van der Waals surface area (Å²) in [7, 11) is 0. The number of anilines is 1. The van der Waals surface area contributed by atoms with Gasteiger partial charge in [0.25, 0.3) is 0 Å². The lowest BCUT2D eigenvalue weighted by atomic mass is 9.96. The van der Waals surface area contributed by atoms with Crippen molar-refractivity contribution in [2.45, 2.75) is 58.0 Å². The number of hydrogen-bond acceptors (Lipinski definition) is 5. The monoisotopic (exact) mass is 284 g/mol. The van der Waals surface area contributed by atoms with Gasteiger partial charge in [0.05, 0.1) is 6.04 Å². The Morgan fingerprint density at radius 1 is 1.19 bits per heavy atom. The molecule has 0 bridgehead atoms. The van der Waals surface area contributed by atoms with Crippen LogP contribution >= 0.6 is 0 Å². The van der Waals surface area contributed by atoms with Crippen molar-refractivity contribution < 1.29 is 0 Å². The van der Waals surface area contributed by atoms with Gasteiger partial charge in [0.1, 0.15) is 23.8 Å². The van der Waals surface area contributed by atoms with Crippen LogP contribution in [0.3, 0.4) is 0 Å². The summed E-state index contributed by atoms with van der Waals surface area (Å²) in [6, 6.07) is 0.210. The SMILES string of the molecule is Cc1nc2c(c(NC3CCCn4ncnc43)n1)CCCC2. The van der Waals surface area contributed by atoms with Crippen molar-refractivity contribution in [1.29, 1.82) is 0 Å². The zero-order chi connectivity index (χ0) is 14.2. The van der Waals surface area contributed by atoms with Gasteiger partial charge in [-0.1, -0.05) is 0 Å². The summed E-state index contributed by atoms with van der Waals surface area (Å²) in [5.74, 6) is 2.90. The summed E-state index contributed by atoms with van der Waals surface area (Å²) < 4.78 is 2.00. The van der Waals surface area contributed by atoms with Gasteiger partial charge in [-0.05, 0) is 45.4 Å². The van der Waals surface area contributed by atoms with Gasteiger partial charge in [-0.2, -0.15) is 5.10 Å². The van der Waals surface area contributed by atoms with Crippen molar-refractivity contribution in [3.8, 4) is 0 Å². The van der Waals surface area contributed by atoms with Gasteiger partial charge in [-0.3, -0.25) is 0 Å². The second-order valence-corrected chi connectivity index (χ2v) is 5.93. The molecule has 1 atom stereocenters. The predicted octanol–water partition coefficient (Wildman–Crippen LogP) is 2.20. The first-order valence-corrected chi connectivity index (χ1v) is 7.82. The highest BCUT2D eigenvalue weighted by Gasteiger charge is 2.25. The Kier molecular flexibility index (Phi) is 3.09. The summed E-state index contributed by atoms with van der Waals surface area (Å²) in [5, 5.41) is 7.90. The molecule has 6 heteroatoms. The molecule has 2 aromatic heterocycles. The maximum Gasteiger partial charge on any atom is 0.149 e. The lowest BCUT2D eigenvalue weighted by Crippen LogP contribution is -2.24. The molecule has 0 radical (unpaired) electrons. The molecule has 0 aromatic carbocycles. The second-order valence-electron chi connectivity index (χ2n) is 5.93. The van der Waals surface area contributed by atoms with E-state index in [1.807, 2.05) is 11.6 Å². The first-order valence-electron chi connectivity index (χ1n) is 7.82. The first kappa shape index (κ1) is 12.7. The topological polar surface area (TPSA) is 68.5 Å². The van der Waals surface area contributed by atoms with Crippen molar-refractivity contribution in [3.05, 3.63) is 29.2 Å². The normalized spacial score (nSPS) is 20.7. The van der Waals surface area contributed by atoms with E-state index in [9.17, 15) is 0 Å². The van der Waals surface area contributed by atoms with Crippen LogP contribution in [0.15, 0.2) is 6.33 Å². The van der Waals surface area contributed by atoms with Crippen LogP contribution in [0.25, 0.3) is 0 Å². The third kappa shape index (κ3) is 2.28. The van der Waals surface area contributed by atoms with Gasteiger partial charge >= 0.3 is 0 Å². The molecule has 0 saturated heterocycles. The van der Waals surface area contributed by atoms with E-state index in [1.54, 1.807) is 6.33 Å². The quantitative estimate of drug-likeness (QED) is 0.915. The maximum atomic E-state index is 4.66. The van der Waals surface area contributed by atoms with E-state index in [-0.39, 0.29) is 6.04 Å². The average Bonchev–Trinajstić information content (AvgIpc) is 2.96. The van der Waals surface area contributed by atoms with E-state index < -0.39 is 0 Å². The van der Waals surface area contributed by atoms with E-state index >= 15 is 0 Å². The molecule has 4 rings (SSSR count). The van der Waals surface area contributed by atoms with Crippen molar-refractivity contribution >= 4 is 5.82 Å². The zero-order valence-corrected chi connectivity index (χ0v) is 12.3. The molecule has 6 nitrogen and oxygen atoms in total. The van der Waals surface area contributed by atoms with Crippen LogP contribution < -0.4 is 5.32 Å². The number of nitrogens with zero attached hydrogens (tertiary/aromatic N) is 5. The standard InChI is InChI=1S/C15H20N6/c1-10-18-12-6-3-2-5-11(12)14(19-10)20-13-7-4-8-21-15(13)16-9-17-21/h9,13H,2-8H2,1H3,(H,18,19,20). The average molecular weight is 284 g/mol. The third-order valence-corrected chi connectivity index (χ3v) is 4.43. The smallest absolute Gasteiger partial charge is 0.149 e. The Morgan fingerprint density at radius 2 is 2.10 bits per heavy atom. The van der Waals surface area contributed by atoms with Crippen LogP contribution in [0.5, 0.6) is 0 Å². The van der Waals surface area contributed by atoms with Crippen LogP contribution in [0.4, 0.5) is 5.82 Å². The van der Waals surface area contributed by atoms with Gasteiger partial charge < -0.3 is 5.32 Å². The van der Waals surface area contributed by atoms with Crippen LogP contribution in [0, 0.1) is 6.92 Å². The van der Waals surface area contributed by atoms with Crippen molar-refractivity contribution in [3.63, 3.8) is 0 Å². The highest BCUT2D eigenvalue weighted by molar-refractivity contribution is 5.49. The number of aromatic nitrogens is 5. The minimum Gasteiger partial charge on any atom is -0.360 e. The highest BCUT2D eigenvalue weighted by Crippen LogP contribution is 2.30. The van der Waals surface area contributed by atoms with Crippen molar-refractivity contribution in [1.82, 2.24) is 24.7 Å². The zero-order valence-electron chi connectivity index (χ0n) is 12.3. The molecule has 0 amide bonds. The van der Waals surface area contributed by atoms with E-state index in [0.717, 1.165) is 49.7 Å². The molecule has 1 N–H and O–H groups in total. The lowest BCUT2D eigenvalue weighted by molar-refractivity contribution is 0.436. The van der Waals surface area contributed by atoms with Crippen molar-refractivity contribution in [2.24, 2.45) is 0 Å². The Bertz CT molecular complexity index is 662. The number of rotatable bonds is 2. The van der Waals surface area contributed by atoms with Gasteiger partial charge in [0, 0.05) is 17.8 Å². The minimum atomic E-state index is 0.210. The Morgan fingerprint density at radius 3 is 3.05 bits per heavy atom. The lowest BCUT2D eigenvalue weighted by Gasteiger charge is -2.26. The molecule has 1 aliphatic carbocycles. The summed E-state index contributed by atoms with van der Waals surface area (Å²) in [6.45, 7) is 2.94. The number of fused-ring (bicyclic) bond motifs is 2. The van der Waals surface area contributed by atoms with Crippen molar-refractivity contribution in [2.75, 3.05) is 5.32 Å². The molecule has 21 heavy (non-hydrogen) atoms. The molecule has 0 saturated carbocycles. The molecular formula is C15H20N6. The first-order chi connectivity index (χ1) is 10.3. The molecular weight excluding hydrogens is 264 g/mol. The molecule has 1 unspecified atom stereocenters. The van der Waals surface area contributed by atoms with E-state index in [4.69, 9.17) is 0 Å². The van der Waals surface area contributed by atoms with Crippen LogP contribution in [0.1, 0.15) is 54.6 Å². The summed E-state index contributed by atoms with van der Waals surface area (Å²) in [6.07, 6.45) is 8.48. The fourth-order valence-electron chi connectivity index (χ4n) is 3.43. The maximum absolute atomic E-state index is 4.66. The number of nitrogens with one attached hydrogen (secondary N) is 1. The van der Waals surface area contributed by atoms with Crippen LogP contribution in [-0.2, 0) is 19.4 Å². The second kappa shape index (κ2) is 5.09. The minimum absolute atomic E-state index is 0.210. The molecule has 0 fully saturated rings. The van der Waals surface area contributed by atoms with E-state index in [2.05, 4.69) is 25.4 Å². The van der Waals surface area contributed by atoms with Gasteiger partial charge in [0.15, 0.2) is 0 Å². The summed E-state index contributed by atoms with van der Waals surface area (Å²) in [5.41, 5.74) is 2.54. The van der Waals surface area contributed by atoms with Gasteiger partial charge in [-0.15, -0.1) is 0 Å². The number of hydrogen-bond donors (Lipinski definition) is 1. The molecule has 2 aromatic rings. The Labute approximate surface area is 124 Å².